The minimum Gasteiger partial charge on any atom is -0.369 e. The quantitative estimate of drug-likeness (QED) is 0.801. The van der Waals surface area contributed by atoms with Crippen molar-refractivity contribution in [2.24, 2.45) is 5.73 Å². The summed E-state index contributed by atoms with van der Waals surface area (Å²) in [6.45, 7) is 9.20. The number of hydrogen-bond donors (Lipinski definition) is 1. The van der Waals surface area contributed by atoms with Crippen LogP contribution in [0.1, 0.15) is 34.1 Å². The van der Waals surface area contributed by atoms with Crippen LogP contribution in [0.25, 0.3) is 0 Å². The van der Waals surface area contributed by atoms with Crippen LogP contribution in [-0.2, 0) is 9.53 Å². The van der Waals surface area contributed by atoms with Crippen LogP contribution in [-0.4, -0.2) is 41.6 Å². The van der Waals surface area contributed by atoms with Gasteiger partial charge in [0.05, 0.1) is 11.7 Å². The molecule has 0 aliphatic carbocycles. The minimum absolute atomic E-state index is 0. The fraction of sp³-hybridized carbons (Fsp3) is 0.909. The average Bonchev–Trinajstić information content (AvgIpc) is 1.98. The maximum absolute atomic E-state index is 11.8. The van der Waals surface area contributed by atoms with Gasteiger partial charge in [0.1, 0.15) is 0 Å². The van der Waals surface area contributed by atoms with Crippen molar-refractivity contribution in [2.45, 2.75) is 51.9 Å². The van der Waals surface area contributed by atoms with E-state index >= 15 is 0 Å². The number of hydrogen-bond acceptors (Lipinski definition) is 3. The van der Waals surface area contributed by atoms with Gasteiger partial charge in [-0.15, -0.1) is 12.4 Å². The standard InChI is InChI=1S/C11H22N2O2.ClH/c1-8(12)5-10(14)13-6-9(2)15-11(3,4)7-13;/h8-9H,5-7,12H2,1-4H3;1H. The predicted molar refractivity (Wildman–Crippen MR) is 66.7 cm³/mol. The van der Waals surface area contributed by atoms with E-state index in [1.165, 1.54) is 0 Å². The molecule has 96 valence electrons. The summed E-state index contributed by atoms with van der Waals surface area (Å²) < 4.78 is 5.73. The van der Waals surface area contributed by atoms with Gasteiger partial charge in [0.15, 0.2) is 0 Å². The van der Waals surface area contributed by atoms with Crippen LogP contribution in [0.2, 0.25) is 0 Å². The molecule has 4 nitrogen and oxygen atoms in total. The third-order valence-electron chi connectivity index (χ3n) is 2.42. The molecule has 0 radical (unpaired) electrons. The smallest absolute Gasteiger partial charge is 0.224 e. The lowest BCUT2D eigenvalue weighted by Crippen LogP contribution is -2.54. The zero-order chi connectivity index (χ0) is 11.6. The maximum Gasteiger partial charge on any atom is 0.224 e. The van der Waals surface area contributed by atoms with E-state index in [-0.39, 0.29) is 36.1 Å². The number of halogens is 1. The summed E-state index contributed by atoms with van der Waals surface area (Å²) in [5.41, 5.74) is 5.38. The molecule has 0 bridgehead atoms. The number of carbonyl (C=O) groups excluding carboxylic acids is 1. The van der Waals surface area contributed by atoms with Gasteiger partial charge < -0.3 is 15.4 Å². The summed E-state index contributed by atoms with van der Waals surface area (Å²) in [4.78, 5) is 13.7. The zero-order valence-electron chi connectivity index (χ0n) is 10.5. The zero-order valence-corrected chi connectivity index (χ0v) is 11.3. The Hall–Kier alpha value is -0.320. The van der Waals surface area contributed by atoms with E-state index in [1.807, 2.05) is 32.6 Å². The molecule has 2 unspecified atom stereocenters. The number of ether oxygens (including phenoxy) is 1. The Morgan fingerprint density at radius 3 is 2.62 bits per heavy atom. The van der Waals surface area contributed by atoms with Crippen LogP contribution in [0.4, 0.5) is 0 Å². The Balaban J connectivity index is 0.00000225. The number of nitrogens with two attached hydrogens (primary N) is 1. The first-order valence-electron chi connectivity index (χ1n) is 5.51. The van der Waals surface area contributed by atoms with Crippen molar-refractivity contribution < 1.29 is 9.53 Å². The second-order valence-electron chi connectivity index (χ2n) is 5.14. The Labute approximate surface area is 104 Å². The summed E-state index contributed by atoms with van der Waals surface area (Å²) >= 11 is 0. The van der Waals surface area contributed by atoms with Crippen LogP contribution in [0.5, 0.6) is 0 Å². The van der Waals surface area contributed by atoms with Gasteiger partial charge in [-0.05, 0) is 27.7 Å². The fourth-order valence-electron chi connectivity index (χ4n) is 2.05. The van der Waals surface area contributed by atoms with Crippen LogP contribution in [0.3, 0.4) is 0 Å². The lowest BCUT2D eigenvalue weighted by atomic mass is 10.0. The Kier molecular flexibility index (Phi) is 5.73. The SMILES string of the molecule is CC(N)CC(=O)N1CC(C)OC(C)(C)C1.Cl. The molecule has 1 rings (SSSR count). The molecule has 1 aliphatic rings. The molecule has 0 spiro atoms. The maximum atomic E-state index is 11.8. The Bertz CT molecular complexity index is 244. The van der Waals surface area contributed by atoms with Crippen molar-refractivity contribution in [3.63, 3.8) is 0 Å². The highest BCUT2D eigenvalue weighted by Gasteiger charge is 2.33. The van der Waals surface area contributed by atoms with E-state index in [1.54, 1.807) is 0 Å². The number of rotatable bonds is 2. The van der Waals surface area contributed by atoms with Gasteiger partial charge in [-0.25, -0.2) is 0 Å². The monoisotopic (exact) mass is 250 g/mol. The molecule has 16 heavy (non-hydrogen) atoms. The highest BCUT2D eigenvalue weighted by atomic mass is 35.5. The van der Waals surface area contributed by atoms with Crippen molar-refractivity contribution in [1.29, 1.82) is 0 Å². The number of morpholine rings is 1. The van der Waals surface area contributed by atoms with Crippen LogP contribution in [0, 0.1) is 0 Å². The molecule has 2 N–H and O–H groups in total. The normalized spacial score (nSPS) is 25.8. The van der Waals surface area contributed by atoms with Crippen molar-refractivity contribution in [1.82, 2.24) is 4.90 Å². The van der Waals surface area contributed by atoms with E-state index < -0.39 is 0 Å². The van der Waals surface area contributed by atoms with E-state index in [2.05, 4.69) is 0 Å². The molecule has 0 aromatic carbocycles. The molecular formula is C11H23ClN2O2. The second kappa shape index (κ2) is 5.84. The third-order valence-corrected chi connectivity index (χ3v) is 2.42. The summed E-state index contributed by atoms with van der Waals surface area (Å²) in [7, 11) is 0. The summed E-state index contributed by atoms with van der Waals surface area (Å²) in [5, 5.41) is 0. The molecule has 5 heteroatoms. The topological polar surface area (TPSA) is 55.6 Å². The van der Waals surface area contributed by atoms with E-state index in [0.717, 1.165) is 0 Å². The van der Waals surface area contributed by atoms with Gasteiger partial charge in [0.2, 0.25) is 5.91 Å². The molecule has 1 heterocycles. The van der Waals surface area contributed by atoms with Crippen molar-refractivity contribution >= 4 is 18.3 Å². The average molecular weight is 251 g/mol. The molecule has 0 aromatic heterocycles. The molecule has 2 atom stereocenters. The lowest BCUT2D eigenvalue weighted by molar-refractivity contribution is -0.158. The van der Waals surface area contributed by atoms with Crippen LogP contribution < -0.4 is 5.73 Å². The van der Waals surface area contributed by atoms with Gasteiger partial charge in [-0.2, -0.15) is 0 Å². The predicted octanol–water partition coefficient (Wildman–Crippen LogP) is 1.17. The summed E-state index contributed by atoms with van der Waals surface area (Å²) in [6, 6.07) is -0.0706. The van der Waals surface area contributed by atoms with Crippen molar-refractivity contribution in [2.75, 3.05) is 13.1 Å². The highest BCUT2D eigenvalue weighted by Crippen LogP contribution is 2.21. The van der Waals surface area contributed by atoms with Gasteiger partial charge in [0.25, 0.3) is 0 Å². The summed E-state index contributed by atoms with van der Waals surface area (Å²) in [6.07, 6.45) is 0.522. The molecule has 0 saturated carbocycles. The van der Waals surface area contributed by atoms with Crippen LogP contribution >= 0.6 is 12.4 Å². The van der Waals surface area contributed by atoms with Gasteiger partial charge in [-0.1, -0.05) is 0 Å². The largest absolute Gasteiger partial charge is 0.369 e. The molecule has 0 aromatic rings. The molecule has 1 amide bonds. The van der Waals surface area contributed by atoms with E-state index in [0.29, 0.717) is 19.5 Å². The molecule has 1 aliphatic heterocycles. The highest BCUT2D eigenvalue weighted by molar-refractivity contribution is 5.85. The van der Waals surface area contributed by atoms with Gasteiger partial charge in [-0.3, -0.25) is 4.79 Å². The van der Waals surface area contributed by atoms with Crippen LogP contribution in [0.15, 0.2) is 0 Å². The number of carbonyl (C=O) groups is 1. The molecular weight excluding hydrogens is 228 g/mol. The number of amides is 1. The second-order valence-corrected chi connectivity index (χ2v) is 5.14. The van der Waals surface area contributed by atoms with Crippen molar-refractivity contribution in [3.05, 3.63) is 0 Å². The van der Waals surface area contributed by atoms with E-state index in [9.17, 15) is 4.79 Å². The van der Waals surface area contributed by atoms with Gasteiger partial charge >= 0.3 is 0 Å². The Morgan fingerprint density at radius 1 is 1.62 bits per heavy atom. The van der Waals surface area contributed by atoms with Crippen molar-refractivity contribution in [3.8, 4) is 0 Å². The minimum atomic E-state index is -0.245. The Morgan fingerprint density at radius 2 is 2.19 bits per heavy atom. The number of nitrogens with zero attached hydrogens (tertiary/aromatic N) is 1. The first kappa shape index (κ1) is 15.7. The first-order valence-corrected chi connectivity index (χ1v) is 5.51. The first-order chi connectivity index (χ1) is 6.80. The molecule has 1 saturated heterocycles. The molecule has 1 fully saturated rings. The van der Waals surface area contributed by atoms with E-state index in [4.69, 9.17) is 10.5 Å². The van der Waals surface area contributed by atoms with Gasteiger partial charge in [0, 0.05) is 25.6 Å². The lowest BCUT2D eigenvalue weighted by Gasteiger charge is -2.42. The fourth-order valence-corrected chi connectivity index (χ4v) is 2.05. The third kappa shape index (κ3) is 4.68. The summed E-state index contributed by atoms with van der Waals surface area (Å²) in [5.74, 6) is 0.133.